The second kappa shape index (κ2) is 12.8. The number of benzene rings is 4. The minimum absolute atomic E-state index is 0.259. The highest BCUT2D eigenvalue weighted by Crippen LogP contribution is 2.26. The van der Waals surface area contributed by atoms with E-state index >= 15 is 0 Å². The summed E-state index contributed by atoms with van der Waals surface area (Å²) in [6, 6.07) is 34.5. The van der Waals surface area contributed by atoms with Crippen LogP contribution in [-0.2, 0) is 6.42 Å². The number of carbonyl (C=O) groups excluding carboxylic acids is 1. The number of para-hydroxylation sites is 4. The van der Waals surface area contributed by atoms with Crippen LogP contribution in [0, 0.1) is 0 Å². The Kier molecular flexibility index (Phi) is 8.77. The van der Waals surface area contributed by atoms with E-state index in [9.17, 15) is 4.79 Å². The lowest BCUT2D eigenvalue weighted by Gasteiger charge is -2.15. The van der Waals surface area contributed by atoms with Crippen LogP contribution in [0.3, 0.4) is 0 Å². The molecule has 0 aromatic heterocycles. The van der Waals surface area contributed by atoms with Gasteiger partial charge in [-0.3, -0.25) is 4.79 Å². The lowest BCUT2D eigenvalue weighted by Crippen LogP contribution is -2.16. The van der Waals surface area contributed by atoms with Crippen molar-refractivity contribution in [3.8, 4) is 17.2 Å². The van der Waals surface area contributed by atoms with Crippen LogP contribution in [0.2, 0.25) is 0 Å². The molecule has 1 amide bonds. The number of anilines is 1. The van der Waals surface area contributed by atoms with Gasteiger partial charge in [0.05, 0.1) is 17.9 Å². The van der Waals surface area contributed by atoms with Crippen LogP contribution in [0.15, 0.2) is 109 Å². The maximum absolute atomic E-state index is 13.1. The molecule has 0 atom stereocenters. The molecule has 1 N–H and O–H groups in total. The van der Waals surface area contributed by atoms with E-state index in [0.717, 1.165) is 18.6 Å². The van der Waals surface area contributed by atoms with Crippen LogP contribution < -0.4 is 19.5 Å². The minimum Gasteiger partial charge on any atom is -0.491 e. The van der Waals surface area contributed by atoms with Gasteiger partial charge in [-0.15, -0.1) is 0 Å². The third-order valence-corrected chi connectivity index (χ3v) is 5.33. The number of rotatable bonds is 12. The predicted molar refractivity (Wildman–Crippen MR) is 139 cm³/mol. The Morgan fingerprint density at radius 2 is 1.20 bits per heavy atom. The molecule has 4 rings (SSSR count). The SMILES string of the molecule is O=C(Nc1ccccc1OCCCc1ccccc1)c1ccccc1OCCOc1ccccc1. The van der Waals surface area contributed by atoms with Gasteiger partial charge in [0.2, 0.25) is 0 Å². The Morgan fingerprint density at radius 1 is 0.600 bits per heavy atom. The normalized spacial score (nSPS) is 10.4. The molecule has 0 bridgehead atoms. The lowest BCUT2D eigenvalue weighted by atomic mass is 10.1. The molecule has 0 radical (unpaired) electrons. The van der Waals surface area contributed by atoms with E-state index in [-0.39, 0.29) is 5.91 Å². The minimum atomic E-state index is -0.259. The van der Waals surface area contributed by atoms with Crippen LogP contribution >= 0.6 is 0 Å². The van der Waals surface area contributed by atoms with Crippen LogP contribution in [0.4, 0.5) is 5.69 Å². The first kappa shape index (κ1) is 23.9. The Bertz CT molecular complexity index is 1200. The molecule has 0 unspecified atom stereocenters. The summed E-state index contributed by atoms with van der Waals surface area (Å²) in [6.07, 6.45) is 1.82. The van der Waals surface area contributed by atoms with Crippen molar-refractivity contribution in [3.05, 3.63) is 120 Å². The van der Waals surface area contributed by atoms with Crippen LogP contribution in [-0.4, -0.2) is 25.7 Å². The highest BCUT2D eigenvalue weighted by atomic mass is 16.5. The zero-order valence-corrected chi connectivity index (χ0v) is 19.6. The fourth-order valence-electron chi connectivity index (χ4n) is 3.60. The number of hydrogen-bond acceptors (Lipinski definition) is 4. The second-order valence-corrected chi connectivity index (χ2v) is 7.89. The van der Waals surface area contributed by atoms with E-state index in [2.05, 4.69) is 17.4 Å². The van der Waals surface area contributed by atoms with E-state index in [1.807, 2.05) is 84.9 Å². The molecule has 0 saturated carbocycles. The first-order valence-corrected chi connectivity index (χ1v) is 11.8. The van der Waals surface area contributed by atoms with Crippen molar-refractivity contribution in [3.63, 3.8) is 0 Å². The fourth-order valence-corrected chi connectivity index (χ4v) is 3.60. The summed E-state index contributed by atoms with van der Waals surface area (Å²) >= 11 is 0. The molecule has 4 aromatic rings. The average molecular weight is 468 g/mol. The van der Waals surface area contributed by atoms with Crippen molar-refractivity contribution in [2.24, 2.45) is 0 Å². The van der Waals surface area contributed by atoms with Crippen molar-refractivity contribution in [1.29, 1.82) is 0 Å². The van der Waals surface area contributed by atoms with Gasteiger partial charge in [0.25, 0.3) is 5.91 Å². The van der Waals surface area contributed by atoms with Gasteiger partial charge in [-0.2, -0.15) is 0 Å². The molecule has 178 valence electrons. The Morgan fingerprint density at radius 3 is 2.00 bits per heavy atom. The van der Waals surface area contributed by atoms with Gasteiger partial charge in [0.15, 0.2) is 0 Å². The fraction of sp³-hybridized carbons (Fsp3) is 0.167. The third kappa shape index (κ3) is 7.37. The molecule has 0 saturated heterocycles. The Balaban J connectivity index is 1.31. The number of carbonyl (C=O) groups is 1. The zero-order valence-electron chi connectivity index (χ0n) is 19.6. The molecular weight excluding hydrogens is 438 g/mol. The van der Waals surface area contributed by atoms with Crippen LogP contribution in [0.25, 0.3) is 0 Å². The van der Waals surface area contributed by atoms with Crippen LogP contribution in [0.1, 0.15) is 22.3 Å². The number of hydrogen-bond donors (Lipinski definition) is 1. The molecule has 5 heteroatoms. The van der Waals surface area contributed by atoms with Gasteiger partial charge in [-0.1, -0.05) is 72.8 Å². The van der Waals surface area contributed by atoms with Gasteiger partial charge in [-0.25, -0.2) is 0 Å². The summed E-state index contributed by atoms with van der Waals surface area (Å²) in [5.74, 6) is 1.67. The van der Waals surface area contributed by atoms with Gasteiger partial charge >= 0.3 is 0 Å². The molecule has 0 aliphatic carbocycles. The van der Waals surface area contributed by atoms with Crippen molar-refractivity contribution in [2.45, 2.75) is 12.8 Å². The summed E-state index contributed by atoms with van der Waals surface area (Å²) in [7, 11) is 0. The maximum atomic E-state index is 13.1. The highest BCUT2D eigenvalue weighted by molar-refractivity contribution is 6.06. The Labute approximate surface area is 206 Å². The lowest BCUT2D eigenvalue weighted by molar-refractivity contribution is 0.102. The molecule has 0 spiro atoms. The van der Waals surface area contributed by atoms with E-state index in [0.29, 0.717) is 42.6 Å². The number of ether oxygens (including phenoxy) is 3. The first-order valence-electron chi connectivity index (χ1n) is 11.8. The molecule has 0 fully saturated rings. The summed E-state index contributed by atoms with van der Waals surface area (Å²) < 4.78 is 17.5. The summed E-state index contributed by atoms with van der Waals surface area (Å²) in [4.78, 5) is 13.1. The van der Waals surface area contributed by atoms with E-state index in [1.165, 1.54) is 5.56 Å². The van der Waals surface area contributed by atoms with Crippen molar-refractivity contribution in [2.75, 3.05) is 25.1 Å². The second-order valence-electron chi connectivity index (χ2n) is 7.89. The average Bonchev–Trinajstić information content (AvgIpc) is 2.91. The summed E-state index contributed by atoms with van der Waals surface area (Å²) in [5, 5.41) is 2.97. The molecular formula is C30H29NO4. The van der Waals surface area contributed by atoms with E-state index in [4.69, 9.17) is 14.2 Å². The number of amides is 1. The third-order valence-electron chi connectivity index (χ3n) is 5.33. The van der Waals surface area contributed by atoms with E-state index in [1.54, 1.807) is 12.1 Å². The van der Waals surface area contributed by atoms with E-state index < -0.39 is 0 Å². The van der Waals surface area contributed by atoms with Gasteiger partial charge in [0.1, 0.15) is 30.5 Å². The van der Waals surface area contributed by atoms with Crippen molar-refractivity contribution >= 4 is 11.6 Å². The molecule has 35 heavy (non-hydrogen) atoms. The standard InChI is InChI=1S/C30H29NO4/c32-30(26-17-7-9-19-28(26)35-23-22-33-25-15-5-2-6-16-25)31-27-18-8-10-20-29(27)34-21-11-14-24-12-3-1-4-13-24/h1-10,12-13,15-20H,11,14,21-23H2,(H,31,32). The molecule has 0 aliphatic heterocycles. The topological polar surface area (TPSA) is 56.8 Å². The quantitative estimate of drug-likeness (QED) is 0.245. The molecule has 5 nitrogen and oxygen atoms in total. The predicted octanol–water partition coefficient (Wildman–Crippen LogP) is 6.41. The molecule has 4 aromatic carbocycles. The summed E-state index contributed by atoms with van der Waals surface area (Å²) in [6.45, 7) is 1.25. The van der Waals surface area contributed by atoms with Gasteiger partial charge in [-0.05, 0) is 54.8 Å². The smallest absolute Gasteiger partial charge is 0.259 e. The van der Waals surface area contributed by atoms with Crippen LogP contribution in [0.5, 0.6) is 17.2 Å². The molecule has 0 heterocycles. The summed E-state index contributed by atoms with van der Waals surface area (Å²) in [5.41, 5.74) is 2.36. The zero-order chi connectivity index (χ0) is 24.1. The van der Waals surface area contributed by atoms with Crippen molar-refractivity contribution in [1.82, 2.24) is 0 Å². The van der Waals surface area contributed by atoms with Gasteiger partial charge in [0, 0.05) is 0 Å². The maximum Gasteiger partial charge on any atom is 0.259 e. The van der Waals surface area contributed by atoms with Gasteiger partial charge < -0.3 is 19.5 Å². The first-order chi connectivity index (χ1) is 17.3. The van der Waals surface area contributed by atoms with Crippen molar-refractivity contribution < 1.29 is 19.0 Å². The monoisotopic (exact) mass is 467 g/mol. The number of nitrogens with one attached hydrogen (secondary N) is 1. The Hall–Kier alpha value is -4.25. The number of aryl methyl sites for hydroxylation is 1. The molecule has 0 aliphatic rings. The highest BCUT2D eigenvalue weighted by Gasteiger charge is 2.14. The largest absolute Gasteiger partial charge is 0.491 e.